The van der Waals surface area contributed by atoms with Crippen molar-refractivity contribution < 1.29 is 13.5 Å². The Kier molecular flexibility index (Phi) is 5.05. The molecule has 0 bridgehead atoms. The Bertz CT molecular complexity index is 589. The van der Waals surface area contributed by atoms with E-state index in [4.69, 9.17) is 0 Å². The van der Waals surface area contributed by atoms with E-state index < -0.39 is 21.3 Å². The Balaban J connectivity index is 2.36. The molecule has 1 heterocycles. The maximum Gasteiger partial charge on any atom is 0.169 e. The molecule has 112 valence electrons. The van der Waals surface area contributed by atoms with Gasteiger partial charge in [-0.15, -0.1) is 0 Å². The molecule has 7 heteroatoms. The first-order valence-electron chi connectivity index (χ1n) is 6.31. The molecule has 0 aliphatic carbocycles. The lowest BCUT2D eigenvalue weighted by atomic mass is 10.1. The Labute approximate surface area is 132 Å². The molecule has 1 aliphatic heterocycles. The molecule has 1 unspecified atom stereocenters. The van der Waals surface area contributed by atoms with Gasteiger partial charge in [0.05, 0.1) is 6.10 Å². The van der Waals surface area contributed by atoms with Crippen molar-refractivity contribution >= 4 is 43.2 Å². The molecule has 1 aliphatic rings. The van der Waals surface area contributed by atoms with E-state index in [9.17, 15) is 13.5 Å². The summed E-state index contributed by atoms with van der Waals surface area (Å²) in [5.41, 5.74) is 1.67. The van der Waals surface area contributed by atoms with Gasteiger partial charge in [-0.05, 0) is 24.6 Å². The molecule has 0 spiro atoms. The van der Waals surface area contributed by atoms with E-state index in [2.05, 4.69) is 15.9 Å². The van der Waals surface area contributed by atoms with Crippen LogP contribution < -0.4 is 4.90 Å². The number of aliphatic hydroxyl groups is 1. The first-order valence-corrected chi connectivity index (χ1v) is 10.2. The molecule has 0 aromatic heterocycles. The number of anilines is 1. The molecule has 2 atom stereocenters. The second-order valence-corrected chi connectivity index (χ2v) is 9.14. The molecular formula is C13H18BrNO3S2. The van der Waals surface area contributed by atoms with Crippen LogP contribution in [0.5, 0.6) is 0 Å². The Morgan fingerprint density at radius 2 is 2.20 bits per heavy atom. The van der Waals surface area contributed by atoms with Gasteiger partial charge in [0.2, 0.25) is 0 Å². The number of thioether (sulfide) groups is 1. The van der Waals surface area contributed by atoms with E-state index in [0.717, 1.165) is 21.5 Å². The molecule has 0 amide bonds. The highest BCUT2D eigenvalue weighted by atomic mass is 79.9. The second-order valence-electron chi connectivity index (χ2n) is 4.93. The summed E-state index contributed by atoms with van der Waals surface area (Å²) in [4.78, 5) is 1.93. The summed E-state index contributed by atoms with van der Waals surface area (Å²) in [6.07, 6.45) is 0.733. The van der Waals surface area contributed by atoms with Gasteiger partial charge in [0.1, 0.15) is 5.37 Å². The third kappa shape index (κ3) is 3.50. The van der Waals surface area contributed by atoms with Gasteiger partial charge < -0.3 is 10.0 Å². The Morgan fingerprint density at radius 3 is 2.75 bits per heavy atom. The normalized spacial score (nSPS) is 21.8. The predicted molar refractivity (Wildman–Crippen MR) is 88.1 cm³/mol. The van der Waals surface area contributed by atoms with Crippen LogP contribution in [0.4, 0.5) is 5.69 Å². The molecule has 1 N–H and O–H groups in total. The van der Waals surface area contributed by atoms with Gasteiger partial charge in [0.25, 0.3) is 0 Å². The lowest BCUT2D eigenvalue weighted by Gasteiger charge is -2.36. The third-order valence-electron chi connectivity index (χ3n) is 3.34. The lowest BCUT2D eigenvalue weighted by Crippen LogP contribution is -2.47. The van der Waals surface area contributed by atoms with Gasteiger partial charge >= 0.3 is 0 Å². The van der Waals surface area contributed by atoms with E-state index in [1.54, 1.807) is 18.7 Å². The van der Waals surface area contributed by atoms with Crippen molar-refractivity contribution in [3.63, 3.8) is 0 Å². The standard InChI is InChI=1S/C13H18BrNO3S2/c1-9(16)11-4-3-10(7-12(11)14)15-5-6-19-8-13(15)20(2,17)18/h3-4,7,9,13,16H,5-6,8H2,1-2H3/t9-,13?/m1/s1. The highest BCUT2D eigenvalue weighted by Crippen LogP contribution is 2.32. The Morgan fingerprint density at radius 1 is 1.50 bits per heavy atom. The van der Waals surface area contributed by atoms with Crippen LogP contribution in [0.3, 0.4) is 0 Å². The summed E-state index contributed by atoms with van der Waals surface area (Å²) in [5, 5.41) is 9.16. The summed E-state index contributed by atoms with van der Waals surface area (Å²) in [6.45, 7) is 2.42. The van der Waals surface area contributed by atoms with Crippen molar-refractivity contribution in [3.8, 4) is 0 Å². The first-order chi connectivity index (χ1) is 9.30. The summed E-state index contributed by atoms with van der Waals surface area (Å²) >= 11 is 5.11. The van der Waals surface area contributed by atoms with E-state index >= 15 is 0 Å². The van der Waals surface area contributed by atoms with E-state index in [1.165, 1.54) is 6.26 Å². The summed E-state index contributed by atoms with van der Waals surface area (Å²) in [6, 6.07) is 5.60. The van der Waals surface area contributed by atoms with Crippen molar-refractivity contribution in [1.82, 2.24) is 0 Å². The zero-order chi connectivity index (χ0) is 14.9. The number of hydrogen-bond donors (Lipinski definition) is 1. The van der Waals surface area contributed by atoms with Crippen LogP contribution in [-0.4, -0.2) is 43.2 Å². The molecule has 1 fully saturated rings. The zero-order valence-corrected chi connectivity index (χ0v) is 14.6. The minimum absolute atomic E-state index is 0.481. The Hall–Kier alpha value is -0.240. The second kappa shape index (κ2) is 6.25. The average molecular weight is 380 g/mol. The fourth-order valence-electron chi connectivity index (χ4n) is 2.26. The van der Waals surface area contributed by atoms with Crippen LogP contribution in [0.15, 0.2) is 22.7 Å². The minimum Gasteiger partial charge on any atom is -0.389 e. The molecule has 2 rings (SSSR count). The van der Waals surface area contributed by atoms with E-state index in [1.807, 2.05) is 23.1 Å². The molecular weight excluding hydrogens is 362 g/mol. The van der Waals surface area contributed by atoms with Crippen LogP contribution in [0, 0.1) is 0 Å². The summed E-state index contributed by atoms with van der Waals surface area (Å²) in [5.74, 6) is 1.51. The summed E-state index contributed by atoms with van der Waals surface area (Å²) in [7, 11) is -3.12. The lowest BCUT2D eigenvalue weighted by molar-refractivity contribution is 0.198. The fourth-order valence-corrected chi connectivity index (χ4v) is 5.80. The predicted octanol–water partition coefficient (Wildman–Crippen LogP) is 2.43. The molecule has 20 heavy (non-hydrogen) atoms. The number of rotatable bonds is 3. The molecule has 0 radical (unpaired) electrons. The van der Waals surface area contributed by atoms with Gasteiger partial charge in [0.15, 0.2) is 9.84 Å². The maximum atomic E-state index is 11.9. The first kappa shape index (κ1) is 16.1. The van der Waals surface area contributed by atoms with Gasteiger partial charge in [-0.2, -0.15) is 11.8 Å². The van der Waals surface area contributed by atoms with Crippen molar-refractivity contribution in [2.75, 3.05) is 29.2 Å². The number of sulfone groups is 1. The SMILES string of the molecule is C[C@@H](O)c1ccc(N2CCSCC2S(C)(=O)=O)cc1Br. The van der Waals surface area contributed by atoms with Crippen LogP contribution in [-0.2, 0) is 9.84 Å². The number of nitrogens with zero attached hydrogens (tertiary/aromatic N) is 1. The monoisotopic (exact) mass is 379 g/mol. The molecule has 1 saturated heterocycles. The molecule has 1 aromatic carbocycles. The topological polar surface area (TPSA) is 57.6 Å². The van der Waals surface area contributed by atoms with Crippen LogP contribution in [0.1, 0.15) is 18.6 Å². The largest absolute Gasteiger partial charge is 0.389 e. The van der Waals surface area contributed by atoms with Crippen LogP contribution >= 0.6 is 27.7 Å². The third-order valence-corrected chi connectivity index (χ3v) is 6.67. The highest BCUT2D eigenvalue weighted by Gasteiger charge is 2.31. The van der Waals surface area contributed by atoms with Crippen molar-refractivity contribution in [3.05, 3.63) is 28.2 Å². The van der Waals surface area contributed by atoms with Gasteiger partial charge in [-0.3, -0.25) is 0 Å². The highest BCUT2D eigenvalue weighted by molar-refractivity contribution is 9.10. The van der Waals surface area contributed by atoms with Gasteiger partial charge in [-0.25, -0.2) is 8.42 Å². The van der Waals surface area contributed by atoms with Crippen molar-refractivity contribution in [2.45, 2.75) is 18.4 Å². The fraction of sp³-hybridized carbons (Fsp3) is 0.538. The average Bonchev–Trinajstić information content (AvgIpc) is 2.37. The molecule has 0 saturated carbocycles. The van der Waals surface area contributed by atoms with Gasteiger partial charge in [0, 0.05) is 34.5 Å². The van der Waals surface area contributed by atoms with Crippen molar-refractivity contribution in [1.29, 1.82) is 0 Å². The van der Waals surface area contributed by atoms with Crippen molar-refractivity contribution in [2.24, 2.45) is 0 Å². The quantitative estimate of drug-likeness (QED) is 0.873. The number of aliphatic hydroxyl groups excluding tert-OH is 1. The van der Waals surface area contributed by atoms with E-state index in [-0.39, 0.29) is 0 Å². The van der Waals surface area contributed by atoms with Gasteiger partial charge in [-0.1, -0.05) is 22.0 Å². The summed E-state index contributed by atoms with van der Waals surface area (Å²) < 4.78 is 24.6. The number of halogens is 1. The maximum absolute atomic E-state index is 11.9. The van der Waals surface area contributed by atoms with Crippen LogP contribution in [0.25, 0.3) is 0 Å². The van der Waals surface area contributed by atoms with Crippen LogP contribution in [0.2, 0.25) is 0 Å². The molecule has 4 nitrogen and oxygen atoms in total. The smallest absolute Gasteiger partial charge is 0.169 e. The number of hydrogen-bond acceptors (Lipinski definition) is 5. The van der Waals surface area contributed by atoms with E-state index in [0.29, 0.717) is 12.3 Å². The number of benzene rings is 1. The molecule has 1 aromatic rings. The minimum atomic E-state index is -3.12. The zero-order valence-electron chi connectivity index (χ0n) is 11.4.